The van der Waals surface area contributed by atoms with E-state index in [0.29, 0.717) is 18.9 Å². The minimum Gasteiger partial charge on any atom is -0.435 e. The van der Waals surface area contributed by atoms with Gasteiger partial charge in [0, 0.05) is 23.2 Å². The number of nitrogens with zero attached hydrogens (tertiary/aromatic N) is 1. The Morgan fingerprint density at radius 2 is 2.22 bits per heavy atom. The highest BCUT2D eigenvalue weighted by atomic mass is 19.3. The van der Waals surface area contributed by atoms with Gasteiger partial charge in [-0.2, -0.15) is 8.78 Å². The van der Waals surface area contributed by atoms with Crippen LogP contribution in [0.25, 0.3) is 0 Å². The number of aromatic nitrogens is 1. The Labute approximate surface area is 131 Å². The Morgan fingerprint density at radius 3 is 3.04 bits per heavy atom. The van der Waals surface area contributed by atoms with Gasteiger partial charge in [-0.05, 0) is 24.3 Å². The van der Waals surface area contributed by atoms with E-state index in [9.17, 15) is 13.6 Å². The third-order valence-electron chi connectivity index (χ3n) is 3.38. The van der Waals surface area contributed by atoms with Crippen LogP contribution in [-0.2, 0) is 17.8 Å². The predicted octanol–water partition coefficient (Wildman–Crippen LogP) is 3.01. The van der Waals surface area contributed by atoms with E-state index >= 15 is 0 Å². The van der Waals surface area contributed by atoms with Gasteiger partial charge in [0.05, 0.1) is 25.1 Å². The van der Waals surface area contributed by atoms with Crippen LogP contribution in [0.15, 0.2) is 36.5 Å². The van der Waals surface area contributed by atoms with Crippen molar-refractivity contribution in [3.8, 4) is 5.75 Å². The first-order valence-corrected chi connectivity index (χ1v) is 7.03. The molecule has 5 nitrogen and oxygen atoms in total. The molecular weight excluding hydrogens is 306 g/mol. The number of benzene rings is 1. The Bertz CT molecular complexity index is 722. The van der Waals surface area contributed by atoms with E-state index in [4.69, 9.17) is 4.74 Å². The smallest absolute Gasteiger partial charge is 0.387 e. The molecule has 120 valence electrons. The van der Waals surface area contributed by atoms with Crippen LogP contribution >= 0.6 is 0 Å². The highest BCUT2D eigenvalue weighted by molar-refractivity contribution is 6.04. The van der Waals surface area contributed by atoms with E-state index in [1.807, 2.05) is 0 Å². The number of carbonyl (C=O) groups is 1. The van der Waals surface area contributed by atoms with E-state index in [2.05, 4.69) is 15.0 Å². The molecule has 2 aromatic rings. The summed E-state index contributed by atoms with van der Waals surface area (Å²) >= 11 is 0. The summed E-state index contributed by atoms with van der Waals surface area (Å²) in [5, 5.41) is 2.69. The van der Waals surface area contributed by atoms with Gasteiger partial charge in [-0.25, -0.2) is 0 Å². The van der Waals surface area contributed by atoms with Gasteiger partial charge in [-0.3, -0.25) is 9.78 Å². The fraction of sp³-hybridized carbons (Fsp3) is 0.250. The molecule has 0 saturated heterocycles. The summed E-state index contributed by atoms with van der Waals surface area (Å²) in [6, 6.07) is 7.42. The molecule has 1 amide bonds. The molecule has 0 fully saturated rings. The number of hydrogen-bond acceptors (Lipinski definition) is 4. The lowest BCUT2D eigenvalue weighted by Gasteiger charge is -2.16. The first-order valence-electron chi connectivity index (χ1n) is 7.03. The summed E-state index contributed by atoms with van der Waals surface area (Å²) in [5.41, 5.74) is 2.64. The van der Waals surface area contributed by atoms with Crippen molar-refractivity contribution in [1.29, 1.82) is 0 Å². The Balaban J connectivity index is 1.74. The molecule has 1 N–H and O–H groups in total. The summed E-state index contributed by atoms with van der Waals surface area (Å²) in [5.74, 6) is -0.493. The van der Waals surface area contributed by atoms with E-state index in [1.54, 1.807) is 12.3 Å². The standard InChI is InChI=1S/C16H14F2N2O3/c17-16(18)23-13-3-1-2-10(7-13)15(21)20-12-6-11-9-22-5-4-14(11)19-8-12/h1-3,6-8,16H,4-5,9H2,(H,20,21). The molecule has 1 aromatic carbocycles. The Morgan fingerprint density at radius 1 is 1.35 bits per heavy atom. The lowest BCUT2D eigenvalue weighted by Crippen LogP contribution is -2.15. The van der Waals surface area contributed by atoms with E-state index in [-0.39, 0.29) is 11.3 Å². The topological polar surface area (TPSA) is 60.5 Å². The zero-order valence-electron chi connectivity index (χ0n) is 12.1. The summed E-state index contributed by atoms with van der Waals surface area (Å²) in [6.07, 6.45) is 2.32. The van der Waals surface area contributed by atoms with Crippen molar-refractivity contribution in [2.24, 2.45) is 0 Å². The minimum absolute atomic E-state index is 0.0652. The Kier molecular flexibility index (Phi) is 4.47. The van der Waals surface area contributed by atoms with Crippen LogP contribution in [0, 0.1) is 0 Å². The number of amides is 1. The van der Waals surface area contributed by atoms with Crippen molar-refractivity contribution in [2.75, 3.05) is 11.9 Å². The molecule has 1 aliphatic heterocycles. The summed E-state index contributed by atoms with van der Waals surface area (Å²) < 4.78 is 34.1. The van der Waals surface area contributed by atoms with Crippen molar-refractivity contribution in [2.45, 2.75) is 19.6 Å². The number of nitrogens with one attached hydrogen (secondary N) is 1. The van der Waals surface area contributed by atoms with E-state index in [1.165, 1.54) is 24.3 Å². The van der Waals surface area contributed by atoms with Crippen molar-refractivity contribution in [1.82, 2.24) is 4.98 Å². The van der Waals surface area contributed by atoms with Crippen molar-refractivity contribution in [3.63, 3.8) is 0 Å². The van der Waals surface area contributed by atoms with Crippen LogP contribution in [0.4, 0.5) is 14.5 Å². The predicted molar refractivity (Wildman–Crippen MR) is 78.6 cm³/mol. The number of rotatable bonds is 4. The van der Waals surface area contributed by atoms with E-state index in [0.717, 1.165) is 17.7 Å². The number of hydrogen-bond donors (Lipinski definition) is 1. The van der Waals surface area contributed by atoms with E-state index < -0.39 is 12.5 Å². The van der Waals surface area contributed by atoms with Crippen LogP contribution in [0.2, 0.25) is 0 Å². The lowest BCUT2D eigenvalue weighted by atomic mass is 10.1. The van der Waals surface area contributed by atoms with Crippen LogP contribution in [-0.4, -0.2) is 24.1 Å². The normalized spacial score (nSPS) is 13.5. The second-order valence-corrected chi connectivity index (χ2v) is 4.99. The van der Waals surface area contributed by atoms with Gasteiger partial charge in [-0.15, -0.1) is 0 Å². The molecule has 0 radical (unpaired) electrons. The number of alkyl halides is 2. The molecule has 0 bridgehead atoms. The molecule has 0 atom stereocenters. The van der Waals surface area contributed by atoms with Crippen LogP contribution in [0.5, 0.6) is 5.75 Å². The maximum Gasteiger partial charge on any atom is 0.387 e. The molecular formula is C16H14F2N2O3. The number of fused-ring (bicyclic) bond motifs is 1. The fourth-order valence-corrected chi connectivity index (χ4v) is 2.32. The van der Waals surface area contributed by atoms with Gasteiger partial charge >= 0.3 is 6.61 Å². The first kappa shape index (κ1) is 15.4. The summed E-state index contributed by atoms with van der Waals surface area (Å²) in [4.78, 5) is 16.5. The zero-order chi connectivity index (χ0) is 16.2. The van der Waals surface area contributed by atoms with Crippen molar-refractivity contribution < 1.29 is 23.0 Å². The maximum absolute atomic E-state index is 12.2. The van der Waals surface area contributed by atoms with Crippen molar-refractivity contribution in [3.05, 3.63) is 53.3 Å². The van der Waals surface area contributed by atoms with Gasteiger partial charge < -0.3 is 14.8 Å². The molecule has 0 spiro atoms. The molecule has 3 rings (SSSR count). The fourth-order valence-electron chi connectivity index (χ4n) is 2.32. The van der Waals surface area contributed by atoms with Crippen molar-refractivity contribution >= 4 is 11.6 Å². The largest absolute Gasteiger partial charge is 0.435 e. The summed E-state index contributed by atoms with van der Waals surface area (Å²) in [7, 11) is 0. The number of halogens is 2. The van der Waals surface area contributed by atoms with Gasteiger partial charge in [0.15, 0.2) is 0 Å². The van der Waals surface area contributed by atoms with Gasteiger partial charge in [0.2, 0.25) is 0 Å². The monoisotopic (exact) mass is 320 g/mol. The molecule has 2 heterocycles. The molecule has 1 aliphatic rings. The van der Waals surface area contributed by atoms with Gasteiger partial charge in [0.25, 0.3) is 5.91 Å². The molecule has 0 saturated carbocycles. The number of anilines is 1. The quantitative estimate of drug-likeness (QED) is 0.941. The molecule has 0 aliphatic carbocycles. The SMILES string of the molecule is O=C(Nc1cnc2c(c1)COCC2)c1cccc(OC(F)F)c1. The highest BCUT2D eigenvalue weighted by Gasteiger charge is 2.14. The third-order valence-corrected chi connectivity index (χ3v) is 3.38. The molecule has 7 heteroatoms. The number of pyridine rings is 1. The molecule has 1 aromatic heterocycles. The zero-order valence-corrected chi connectivity index (χ0v) is 12.1. The highest BCUT2D eigenvalue weighted by Crippen LogP contribution is 2.20. The van der Waals surface area contributed by atoms with Crippen LogP contribution in [0.3, 0.4) is 0 Å². The number of carbonyl (C=O) groups excluding carboxylic acids is 1. The van der Waals surface area contributed by atoms with Crippen LogP contribution in [0.1, 0.15) is 21.6 Å². The average Bonchev–Trinajstić information content (AvgIpc) is 2.54. The van der Waals surface area contributed by atoms with Crippen LogP contribution < -0.4 is 10.1 Å². The second-order valence-electron chi connectivity index (χ2n) is 4.99. The third kappa shape index (κ3) is 3.81. The molecule has 0 unspecified atom stereocenters. The lowest BCUT2D eigenvalue weighted by molar-refractivity contribution is -0.0498. The second kappa shape index (κ2) is 6.70. The maximum atomic E-state index is 12.2. The Hall–Kier alpha value is -2.54. The minimum atomic E-state index is -2.93. The van der Waals surface area contributed by atoms with Gasteiger partial charge in [0.1, 0.15) is 5.75 Å². The first-order chi connectivity index (χ1) is 11.1. The molecule has 23 heavy (non-hydrogen) atoms. The summed E-state index contributed by atoms with van der Waals surface area (Å²) in [6.45, 7) is -1.83. The number of ether oxygens (including phenoxy) is 2. The van der Waals surface area contributed by atoms with Gasteiger partial charge in [-0.1, -0.05) is 6.07 Å². The average molecular weight is 320 g/mol.